The lowest BCUT2D eigenvalue weighted by molar-refractivity contribution is -0.159. The lowest BCUT2D eigenvalue weighted by Crippen LogP contribution is -2.19. The van der Waals surface area contributed by atoms with Gasteiger partial charge in [-0.3, -0.25) is 4.79 Å². The van der Waals surface area contributed by atoms with Gasteiger partial charge in [0.15, 0.2) is 0 Å². The first-order valence-electron chi connectivity index (χ1n) is 6.78. The molecule has 0 radical (unpaired) electrons. The number of aromatic nitrogens is 4. The Kier molecular flexibility index (Phi) is 3.74. The normalized spacial score (nSPS) is 11.9. The summed E-state index contributed by atoms with van der Waals surface area (Å²) in [5.41, 5.74) is 0.385. The minimum atomic E-state index is -4.74. The number of pyridine rings is 1. The Morgan fingerprint density at radius 3 is 2.54 bits per heavy atom. The van der Waals surface area contributed by atoms with Gasteiger partial charge in [0.25, 0.3) is 5.56 Å². The molecule has 0 aliphatic carbocycles. The van der Waals surface area contributed by atoms with Crippen molar-refractivity contribution in [3.05, 3.63) is 51.9 Å². The summed E-state index contributed by atoms with van der Waals surface area (Å²) in [6.07, 6.45) is -3.34. The molecule has 7 nitrogen and oxygen atoms in total. The summed E-state index contributed by atoms with van der Waals surface area (Å²) < 4.78 is 48.2. The van der Waals surface area contributed by atoms with E-state index in [0.717, 1.165) is 11.8 Å². The van der Waals surface area contributed by atoms with Gasteiger partial charge in [0.05, 0.1) is 5.69 Å². The van der Waals surface area contributed by atoms with Crippen LogP contribution in [0.15, 0.2) is 32.1 Å². The number of halogens is 3. The fourth-order valence-electron chi connectivity index (χ4n) is 1.99. The van der Waals surface area contributed by atoms with Crippen molar-refractivity contribution in [1.29, 1.82) is 0 Å². The second-order valence-electron chi connectivity index (χ2n) is 5.05. The molecule has 0 aliphatic heterocycles. The summed E-state index contributed by atoms with van der Waals surface area (Å²) in [6.45, 7) is 3.64. The second-order valence-corrected chi connectivity index (χ2v) is 5.05. The zero-order chi connectivity index (χ0) is 17.5. The maximum Gasteiger partial charge on any atom is 0.471 e. The topological polar surface area (TPSA) is 87.0 Å². The molecule has 0 saturated heterocycles. The molecule has 3 aromatic rings. The molecule has 0 aromatic carbocycles. The summed E-state index contributed by atoms with van der Waals surface area (Å²) in [4.78, 5) is 19.5. The Bertz CT molecular complexity index is 920. The number of aryl methyl sites for hydroxylation is 2. The highest BCUT2D eigenvalue weighted by Gasteiger charge is 2.38. The fraction of sp³-hybridized carbons (Fsp3) is 0.286. The smallest absolute Gasteiger partial charge is 0.444 e. The van der Waals surface area contributed by atoms with E-state index in [9.17, 15) is 18.0 Å². The van der Waals surface area contributed by atoms with Crippen LogP contribution in [0.25, 0.3) is 11.4 Å². The van der Waals surface area contributed by atoms with Crippen LogP contribution in [-0.2, 0) is 12.7 Å². The van der Waals surface area contributed by atoms with E-state index in [1.165, 1.54) is 16.8 Å². The molecule has 0 saturated carbocycles. The van der Waals surface area contributed by atoms with Gasteiger partial charge >= 0.3 is 12.1 Å². The maximum absolute atomic E-state index is 12.5. The summed E-state index contributed by atoms with van der Waals surface area (Å²) in [5, 5.41) is 3.24. The molecule has 0 fully saturated rings. The van der Waals surface area contributed by atoms with Gasteiger partial charge in [0.1, 0.15) is 12.3 Å². The largest absolute Gasteiger partial charge is 0.471 e. The predicted molar refractivity (Wildman–Crippen MR) is 74.1 cm³/mol. The summed E-state index contributed by atoms with van der Waals surface area (Å²) >= 11 is 0. The molecule has 0 unspecified atom stereocenters. The van der Waals surface area contributed by atoms with Gasteiger partial charge in [-0.2, -0.15) is 18.2 Å². The van der Waals surface area contributed by atoms with Crippen molar-refractivity contribution < 1.29 is 22.1 Å². The summed E-state index contributed by atoms with van der Waals surface area (Å²) in [5.74, 6) is -0.762. The Hall–Kier alpha value is -2.91. The van der Waals surface area contributed by atoms with Crippen LogP contribution in [0.1, 0.15) is 23.2 Å². The lowest BCUT2D eigenvalue weighted by atomic mass is 10.2. The van der Waals surface area contributed by atoms with E-state index in [-0.39, 0.29) is 17.9 Å². The molecule has 126 valence electrons. The monoisotopic (exact) mass is 340 g/mol. The minimum absolute atomic E-state index is 0.105. The molecule has 3 rings (SSSR count). The van der Waals surface area contributed by atoms with Crippen LogP contribution >= 0.6 is 0 Å². The van der Waals surface area contributed by atoms with Crippen molar-refractivity contribution in [3.63, 3.8) is 0 Å². The van der Waals surface area contributed by atoms with Crippen LogP contribution in [0, 0.1) is 13.8 Å². The van der Waals surface area contributed by atoms with Gasteiger partial charge in [-0.05, 0) is 19.9 Å². The highest BCUT2D eigenvalue weighted by molar-refractivity contribution is 5.52. The van der Waals surface area contributed by atoms with Crippen LogP contribution in [0.2, 0.25) is 0 Å². The zero-order valence-corrected chi connectivity index (χ0v) is 12.6. The molecular weight excluding hydrogens is 329 g/mol. The van der Waals surface area contributed by atoms with Crippen molar-refractivity contribution in [2.45, 2.75) is 26.6 Å². The number of alkyl halides is 3. The van der Waals surface area contributed by atoms with E-state index in [1.807, 2.05) is 0 Å². The molecule has 10 heteroatoms. The van der Waals surface area contributed by atoms with E-state index < -0.39 is 17.6 Å². The number of hydrogen-bond donors (Lipinski definition) is 0. The lowest BCUT2D eigenvalue weighted by Gasteiger charge is -2.03. The SMILES string of the molecule is Cc1nc(Cn2ccc(-c3noc(C(F)(F)F)n3)cc2=O)oc1C. The predicted octanol–water partition coefficient (Wildman–Crippen LogP) is 2.57. The van der Waals surface area contributed by atoms with Gasteiger partial charge in [0.2, 0.25) is 11.7 Å². The number of hydrogen-bond acceptors (Lipinski definition) is 6. The fourth-order valence-corrected chi connectivity index (χ4v) is 1.99. The highest BCUT2D eigenvalue weighted by Crippen LogP contribution is 2.29. The Balaban J connectivity index is 1.87. The first-order chi connectivity index (χ1) is 11.2. The van der Waals surface area contributed by atoms with E-state index in [2.05, 4.69) is 19.6 Å². The molecule has 0 N–H and O–H groups in total. The quantitative estimate of drug-likeness (QED) is 0.728. The molecule has 0 spiro atoms. The second kappa shape index (κ2) is 5.62. The Morgan fingerprint density at radius 2 is 2.00 bits per heavy atom. The van der Waals surface area contributed by atoms with Gasteiger partial charge in [0, 0.05) is 17.8 Å². The Morgan fingerprint density at radius 1 is 1.25 bits per heavy atom. The van der Waals surface area contributed by atoms with E-state index in [1.54, 1.807) is 13.8 Å². The van der Waals surface area contributed by atoms with Crippen molar-refractivity contribution in [2.24, 2.45) is 0 Å². The third-order valence-electron chi connectivity index (χ3n) is 3.30. The molecule has 3 heterocycles. The van der Waals surface area contributed by atoms with Gasteiger partial charge in [-0.15, -0.1) is 0 Å². The third-order valence-corrected chi connectivity index (χ3v) is 3.30. The molecule has 0 atom stereocenters. The van der Waals surface area contributed by atoms with Crippen molar-refractivity contribution >= 4 is 0 Å². The average molecular weight is 340 g/mol. The number of nitrogens with zero attached hydrogens (tertiary/aromatic N) is 4. The third kappa shape index (κ3) is 3.07. The van der Waals surface area contributed by atoms with Crippen LogP contribution in [0.5, 0.6) is 0 Å². The summed E-state index contributed by atoms with van der Waals surface area (Å²) in [6, 6.07) is 2.53. The van der Waals surface area contributed by atoms with Crippen molar-refractivity contribution in [3.8, 4) is 11.4 Å². The number of oxazole rings is 1. The van der Waals surface area contributed by atoms with Crippen LogP contribution < -0.4 is 5.56 Å². The molecule has 0 aliphatic rings. The van der Waals surface area contributed by atoms with Crippen LogP contribution in [0.4, 0.5) is 13.2 Å². The molecule has 0 amide bonds. The van der Waals surface area contributed by atoms with Crippen LogP contribution in [0.3, 0.4) is 0 Å². The average Bonchev–Trinajstić information content (AvgIpc) is 3.09. The Labute approximate surface area is 132 Å². The first kappa shape index (κ1) is 16.0. The first-order valence-corrected chi connectivity index (χ1v) is 6.78. The van der Waals surface area contributed by atoms with Gasteiger partial charge < -0.3 is 13.5 Å². The van der Waals surface area contributed by atoms with Crippen molar-refractivity contribution in [1.82, 2.24) is 19.7 Å². The van der Waals surface area contributed by atoms with E-state index in [0.29, 0.717) is 11.7 Å². The highest BCUT2D eigenvalue weighted by atomic mass is 19.4. The van der Waals surface area contributed by atoms with E-state index >= 15 is 0 Å². The molecule has 3 aromatic heterocycles. The van der Waals surface area contributed by atoms with Gasteiger partial charge in [-0.1, -0.05) is 5.16 Å². The maximum atomic E-state index is 12.5. The minimum Gasteiger partial charge on any atom is -0.444 e. The zero-order valence-electron chi connectivity index (χ0n) is 12.6. The summed E-state index contributed by atoms with van der Waals surface area (Å²) in [7, 11) is 0. The van der Waals surface area contributed by atoms with Gasteiger partial charge in [-0.25, -0.2) is 4.98 Å². The van der Waals surface area contributed by atoms with Crippen LogP contribution in [-0.4, -0.2) is 19.7 Å². The standard InChI is InChI=1S/C14H11F3N4O3/c1-7-8(2)23-10(18-7)6-21-4-3-9(5-11(21)22)12-19-13(24-20-12)14(15,16)17/h3-5H,6H2,1-2H3. The molecule has 24 heavy (non-hydrogen) atoms. The number of rotatable bonds is 3. The van der Waals surface area contributed by atoms with E-state index in [4.69, 9.17) is 4.42 Å². The molecular formula is C14H11F3N4O3. The molecule has 0 bridgehead atoms. The van der Waals surface area contributed by atoms with Crippen molar-refractivity contribution in [2.75, 3.05) is 0 Å².